The van der Waals surface area contributed by atoms with E-state index in [-0.39, 0.29) is 0 Å². The molecule has 0 aliphatic rings. The van der Waals surface area contributed by atoms with Gasteiger partial charge in [-0.2, -0.15) is 0 Å². The lowest BCUT2D eigenvalue weighted by Gasteiger charge is -2.17. The zero-order valence-corrected chi connectivity index (χ0v) is 14.7. The fraction of sp³-hybridized carbons (Fsp3) is 0.750. The van der Waals surface area contributed by atoms with E-state index in [1.165, 1.54) is 35.6 Å². The van der Waals surface area contributed by atoms with Crippen LogP contribution in [0.5, 0.6) is 0 Å². The Morgan fingerprint density at radius 2 is 2.19 bits per heavy atom. The Balaban J connectivity index is 2.37. The molecule has 21 heavy (non-hydrogen) atoms. The van der Waals surface area contributed by atoms with Gasteiger partial charge in [-0.15, -0.1) is 11.3 Å². The summed E-state index contributed by atoms with van der Waals surface area (Å²) in [4.78, 5) is 10.3. The van der Waals surface area contributed by atoms with Gasteiger partial charge in [0, 0.05) is 36.6 Å². The molecule has 0 spiro atoms. The van der Waals surface area contributed by atoms with Crippen molar-refractivity contribution in [3.8, 4) is 0 Å². The molecular weight excluding hydrogens is 280 g/mol. The minimum Gasteiger partial charge on any atom is -0.357 e. The van der Waals surface area contributed by atoms with E-state index in [0.717, 1.165) is 25.5 Å². The van der Waals surface area contributed by atoms with Crippen molar-refractivity contribution in [1.82, 2.24) is 15.6 Å². The summed E-state index contributed by atoms with van der Waals surface area (Å²) in [5.41, 5.74) is 0. The first-order valence-corrected chi connectivity index (χ1v) is 8.93. The Labute approximate surface area is 133 Å². The molecule has 1 atom stereocenters. The molecule has 1 aromatic rings. The third kappa shape index (κ3) is 8.05. The molecule has 2 N–H and O–H groups in total. The summed E-state index contributed by atoms with van der Waals surface area (Å²) < 4.78 is 0. The van der Waals surface area contributed by atoms with E-state index in [2.05, 4.69) is 48.3 Å². The molecule has 4 nitrogen and oxygen atoms in total. The highest BCUT2D eigenvalue weighted by Crippen LogP contribution is 2.11. The molecule has 0 fully saturated rings. The van der Waals surface area contributed by atoms with Gasteiger partial charge in [0.2, 0.25) is 0 Å². The summed E-state index contributed by atoms with van der Waals surface area (Å²) in [6.45, 7) is 10.3. The largest absolute Gasteiger partial charge is 0.357 e. The number of guanidine groups is 1. The lowest BCUT2D eigenvalue weighted by atomic mass is 10.1. The second kappa shape index (κ2) is 10.6. The quantitative estimate of drug-likeness (QED) is 0.417. The van der Waals surface area contributed by atoms with Gasteiger partial charge < -0.3 is 10.6 Å². The van der Waals surface area contributed by atoms with Gasteiger partial charge in [-0.1, -0.05) is 26.2 Å². The lowest BCUT2D eigenvalue weighted by molar-refractivity contribution is 0.547. The van der Waals surface area contributed by atoms with Crippen molar-refractivity contribution in [3.63, 3.8) is 0 Å². The third-order valence-corrected chi connectivity index (χ3v) is 4.21. The van der Waals surface area contributed by atoms with Crippen LogP contribution in [0.1, 0.15) is 56.3 Å². The van der Waals surface area contributed by atoms with Gasteiger partial charge in [0.05, 0.1) is 5.01 Å². The van der Waals surface area contributed by atoms with Crippen LogP contribution in [0.25, 0.3) is 0 Å². The molecule has 0 saturated carbocycles. The number of hydrogen-bond acceptors (Lipinski definition) is 3. The molecule has 0 amide bonds. The van der Waals surface area contributed by atoms with Crippen LogP contribution in [0.4, 0.5) is 0 Å². The molecule has 1 unspecified atom stereocenters. The van der Waals surface area contributed by atoms with E-state index in [4.69, 9.17) is 0 Å². The number of thiazole rings is 1. The average Bonchev–Trinajstić information content (AvgIpc) is 2.85. The summed E-state index contributed by atoms with van der Waals surface area (Å²) in [6.07, 6.45) is 7.91. The molecule has 1 rings (SSSR count). The number of nitrogens with one attached hydrogen (secondary N) is 2. The fourth-order valence-electron chi connectivity index (χ4n) is 2.11. The zero-order chi connectivity index (χ0) is 15.5. The molecule has 1 heterocycles. The summed E-state index contributed by atoms with van der Waals surface area (Å²) in [5.74, 6) is 0.926. The number of nitrogens with zero attached hydrogens (tertiary/aromatic N) is 2. The predicted octanol–water partition coefficient (Wildman–Crippen LogP) is 3.52. The molecule has 120 valence electrons. The topological polar surface area (TPSA) is 49.3 Å². The maximum absolute atomic E-state index is 4.65. The first-order valence-electron chi connectivity index (χ1n) is 8.11. The van der Waals surface area contributed by atoms with Crippen molar-refractivity contribution in [2.45, 2.75) is 65.8 Å². The molecule has 5 heteroatoms. The smallest absolute Gasteiger partial charge is 0.191 e. The van der Waals surface area contributed by atoms with Crippen molar-refractivity contribution in [1.29, 1.82) is 0 Å². The minimum atomic E-state index is 0.469. The van der Waals surface area contributed by atoms with E-state index in [1.807, 2.05) is 6.20 Å². The summed E-state index contributed by atoms with van der Waals surface area (Å²) in [5, 5.41) is 7.98. The summed E-state index contributed by atoms with van der Waals surface area (Å²) >= 11 is 1.76. The van der Waals surface area contributed by atoms with Crippen LogP contribution in [0, 0.1) is 6.92 Å². The Bertz CT molecular complexity index is 414. The van der Waals surface area contributed by atoms with Gasteiger partial charge in [0.1, 0.15) is 0 Å². The Morgan fingerprint density at radius 3 is 2.81 bits per heavy atom. The third-order valence-electron chi connectivity index (χ3n) is 3.23. The Kier molecular flexibility index (Phi) is 9.06. The van der Waals surface area contributed by atoms with Crippen LogP contribution in [0.2, 0.25) is 0 Å². The van der Waals surface area contributed by atoms with Gasteiger partial charge in [0.15, 0.2) is 5.96 Å². The van der Waals surface area contributed by atoms with Crippen molar-refractivity contribution in [2.75, 3.05) is 13.1 Å². The molecule has 0 saturated heterocycles. The molecule has 0 aromatic carbocycles. The van der Waals surface area contributed by atoms with Crippen molar-refractivity contribution in [3.05, 3.63) is 16.1 Å². The second-order valence-electron chi connectivity index (χ2n) is 5.42. The predicted molar refractivity (Wildman–Crippen MR) is 93.3 cm³/mol. The Morgan fingerprint density at radius 1 is 1.38 bits per heavy atom. The molecule has 0 radical (unpaired) electrons. The fourth-order valence-corrected chi connectivity index (χ4v) is 2.88. The summed E-state index contributed by atoms with van der Waals surface area (Å²) in [6, 6.07) is 0.469. The zero-order valence-electron chi connectivity index (χ0n) is 13.9. The maximum Gasteiger partial charge on any atom is 0.191 e. The van der Waals surface area contributed by atoms with Gasteiger partial charge in [-0.3, -0.25) is 4.99 Å². The highest BCUT2D eigenvalue weighted by atomic mass is 32.1. The first kappa shape index (κ1) is 18.0. The van der Waals surface area contributed by atoms with Crippen molar-refractivity contribution >= 4 is 17.3 Å². The van der Waals surface area contributed by atoms with Gasteiger partial charge in [-0.25, -0.2) is 4.98 Å². The maximum atomic E-state index is 4.65. The van der Waals surface area contributed by atoms with Crippen LogP contribution >= 0.6 is 11.3 Å². The van der Waals surface area contributed by atoms with Crippen LogP contribution in [-0.2, 0) is 6.42 Å². The molecule has 0 aliphatic carbocycles. The number of aromatic nitrogens is 1. The SMILES string of the molecule is CCCCCC(C)NC(=NCCc1ncc(C)s1)NCC. The van der Waals surface area contributed by atoms with Crippen LogP contribution in [-0.4, -0.2) is 30.1 Å². The van der Waals surface area contributed by atoms with Gasteiger partial charge >= 0.3 is 0 Å². The van der Waals surface area contributed by atoms with Crippen molar-refractivity contribution in [2.24, 2.45) is 4.99 Å². The normalized spacial score (nSPS) is 13.2. The van der Waals surface area contributed by atoms with Crippen LogP contribution in [0.3, 0.4) is 0 Å². The van der Waals surface area contributed by atoms with E-state index in [0.29, 0.717) is 6.04 Å². The molecular formula is C16H30N4S. The first-order chi connectivity index (χ1) is 10.2. The van der Waals surface area contributed by atoms with E-state index in [9.17, 15) is 0 Å². The van der Waals surface area contributed by atoms with Crippen molar-refractivity contribution < 1.29 is 0 Å². The minimum absolute atomic E-state index is 0.469. The Hall–Kier alpha value is -1.10. The summed E-state index contributed by atoms with van der Waals surface area (Å²) in [7, 11) is 0. The van der Waals surface area contributed by atoms with Crippen LogP contribution in [0.15, 0.2) is 11.2 Å². The molecule has 1 aromatic heterocycles. The van der Waals surface area contributed by atoms with E-state index < -0.39 is 0 Å². The van der Waals surface area contributed by atoms with Crippen LogP contribution < -0.4 is 10.6 Å². The van der Waals surface area contributed by atoms with Gasteiger partial charge in [-0.05, 0) is 27.2 Å². The molecule has 0 aliphatic heterocycles. The van der Waals surface area contributed by atoms with Gasteiger partial charge in [0.25, 0.3) is 0 Å². The highest BCUT2D eigenvalue weighted by molar-refractivity contribution is 7.11. The van der Waals surface area contributed by atoms with E-state index in [1.54, 1.807) is 11.3 Å². The number of aliphatic imine (C=N–C) groups is 1. The monoisotopic (exact) mass is 310 g/mol. The number of unbranched alkanes of at least 4 members (excludes halogenated alkanes) is 2. The lowest BCUT2D eigenvalue weighted by Crippen LogP contribution is -2.42. The highest BCUT2D eigenvalue weighted by Gasteiger charge is 2.05. The second-order valence-corrected chi connectivity index (χ2v) is 6.74. The van der Waals surface area contributed by atoms with E-state index >= 15 is 0 Å². The molecule has 0 bridgehead atoms. The standard InChI is InChI=1S/C16H30N4S/c1-5-7-8-9-13(3)20-16(17-6-2)18-11-10-15-19-12-14(4)21-15/h12-13H,5-11H2,1-4H3,(H2,17,18,20). The number of aryl methyl sites for hydroxylation is 1. The number of hydrogen-bond donors (Lipinski definition) is 2. The number of rotatable bonds is 9. The average molecular weight is 311 g/mol.